The Kier molecular flexibility index (Phi) is 5.44. The second kappa shape index (κ2) is 9.64. The highest BCUT2D eigenvalue weighted by Crippen LogP contribution is 2.51. The van der Waals surface area contributed by atoms with E-state index in [1.807, 2.05) is 0 Å². The summed E-state index contributed by atoms with van der Waals surface area (Å²) in [6, 6.07) is 59.0. The van der Waals surface area contributed by atoms with Gasteiger partial charge in [-0.05, 0) is 123 Å². The average Bonchev–Trinajstić information content (AvgIpc) is 3.35. The van der Waals surface area contributed by atoms with E-state index in [4.69, 9.17) is 0 Å². The van der Waals surface area contributed by atoms with Gasteiger partial charge in [0.25, 0.3) is 0 Å². The van der Waals surface area contributed by atoms with Gasteiger partial charge in [-0.15, -0.1) is 0 Å². The Morgan fingerprint density at radius 1 is 0.319 bits per heavy atom. The predicted molar refractivity (Wildman–Crippen MR) is 202 cm³/mol. The van der Waals surface area contributed by atoms with Crippen LogP contribution in [0, 0.1) is 0 Å². The summed E-state index contributed by atoms with van der Waals surface area (Å²) in [5.74, 6) is 0. The first kappa shape index (κ1) is 26.5. The van der Waals surface area contributed by atoms with E-state index in [9.17, 15) is 0 Å². The van der Waals surface area contributed by atoms with Gasteiger partial charge in [-0.3, -0.25) is 0 Å². The molecule has 0 saturated carbocycles. The number of hydrogen-bond donors (Lipinski definition) is 0. The lowest BCUT2D eigenvalue weighted by atomic mass is 9.81. The molecule has 0 aliphatic heterocycles. The summed E-state index contributed by atoms with van der Waals surface area (Å²) in [4.78, 5) is 0. The van der Waals surface area contributed by atoms with Crippen LogP contribution in [0.25, 0.3) is 87.6 Å². The normalized spacial score (nSPS) is 13.5. The zero-order chi connectivity index (χ0) is 31.3. The van der Waals surface area contributed by atoms with Crippen LogP contribution in [-0.4, -0.2) is 0 Å². The molecule has 0 heteroatoms. The molecule has 0 heterocycles. The third-order valence-electron chi connectivity index (χ3n) is 10.8. The molecule has 0 atom stereocenters. The Morgan fingerprint density at radius 2 is 0.830 bits per heavy atom. The molecule has 0 unspecified atom stereocenters. The van der Waals surface area contributed by atoms with Crippen molar-refractivity contribution in [2.45, 2.75) is 19.3 Å². The highest BCUT2D eigenvalue weighted by molar-refractivity contribution is 6.28. The van der Waals surface area contributed by atoms with Gasteiger partial charge in [-0.25, -0.2) is 0 Å². The fourth-order valence-corrected chi connectivity index (χ4v) is 8.48. The summed E-state index contributed by atoms with van der Waals surface area (Å²) in [5.41, 5.74) is 13.1. The predicted octanol–water partition coefficient (Wildman–Crippen LogP) is 13.0. The Morgan fingerprint density at radius 3 is 1.53 bits per heavy atom. The zero-order valence-corrected chi connectivity index (χ0v) is 26.5. The van der Waals surface area contributed by atoms with Crippen LogP contribution >= 0.6 is 0 Å². The van der Waals surface area contributed by atoms with Crippen molar-refractivity contribution >= 4 is 43.1 Å². The van der Waals surface area contributed by atoms with E-state index in [-0.39, 0.29) is 5.41 Å². The molecular formula is C47H32. The zero-order valence-electron chi connectivity index (χ0n) is 26.5. The van der Waals surface area contributed by atoms with Crippen molar-refractivity contribution in [3.05, 3.63) is 169 Å². The van der Waals surface area contributed by atoms with Crippen LogP contribution in [0.2, 0.25) is 0 Å². The Bertz CT molecular complexity index is 2680. The van der Waals surface area contributed by atoms with E-state index in [1.165, 1.54) is 98.7 Å². The van der Waals surface area contributed by atoms with Gasteiger partial charge in [-0.2, -0.15) is 0 Å². The molecule has 0 saturated heterocycles. The maximum Gasteiger partial charge on any atom is 0.0159 e. The van der Waals surface area contributed by atoms with Gasteiger partial charge < -0.3 is 0 Å². The molecule has 1 aliphatic carbocycles. The lowest BCUT2D eigenvalue weighted by Crippen LogP contribution is -2.14. The first-order chi connectivity index (χ1) is 23.1. The molecule has 0 aromatic heterocycles. The molecule has 0 bridgehead atoms. The topological polar surface area (TPSA) is 0 Å². The molecule has 9 aromatic rings. The van der Waals surface area contributed by atoms with Crippen LogP contribution < -0.4 is 0 Å². The van der Waals surface area contributed by atoms with Crippen molar-refractivity contribution in [3.8, 4) is 44.5 Å². The first-order valence-electron chi connectivity index (χ1n) is 16.6. The van der Waals surface area contributed by atoms with E-state index in [0.29, 0.717) is 0 Å². The van der Waals surface area contributed by atoms with E-state index < -0.39 is 0 Å². The molecule has 0 fully saturated rings. The Hall–Kier alpha value is -5.72. The van der Waals surface area contributed by atoms with E-state index >= 15 is 0 Å². The van der Waals surface area contributed by atoms with Crippen LogP contribution in [0.3, 0.4) is 0 Å². The fourth-order valence-electron chi connectivity index (χ4n) is 8.48. The van der Waals surface area contributed by atoms with Crippen molar-refractivity contribution in [1.82, 2.24) is 0 Å². The third-order valence-corrected chi connectivity index (χ3v) is 10.8. The smallest absolute Gasteiger partial charge is 0.0159 e. The van der Waals surface area contributed by atoms with Crippen LogP contribution in [-0.2, 0) is 5.41 Å². The second-order valence-corrected chi connectivity index (χ2v) is 13.7. The van der Waals surface area contributed by atoms with Gasteiger partial charge in [0.05, 0.1) is 0 Å². The summed E-state index contributed by atoms with van der Waals surface area (Å²) in [7, 11) is 0. The standard InChI is InChI=1S/C47H32/c1-47(2)43-16-10-9-15-37(43)42-27-33-25-40(30-13-7-4-8-14-30)41(26-34(33)28-44(42)47)36-22-18-32-19-23-38-35(29-11-5-3-6-12-29)21-17-31-20-24-39(36)46(32)45(31)38/h3-28H,1-2H3. The SMILES string of the molecule is CC1(C)c2ccccc2-c2cc3cc(-c4ccccc4)c(-c4ccc5ccc6c(-c7ccccc7)ccc7ccc4c5c76)cc3cc21. The monoisotopic (exact) mass is 596 g/mol. The summed E-state index contributed by atoms with van der Waals surface area (Å²) in [6.45, 7) is 4.74. The van der Waals surface area contributed by atoms with Gasteiger partial charge in [-0.1, -0.05) is 147 Å². The summed E-state index contributed by atoms with van der Waals surface area (Å²) in [6.07, 6.45) is 0. The Labute approximate surface area is 274 Å². The molecule has 0 nitrogen and oxygen atoms in total. The molecule has 0 radical (unpaired) electrons. The van der Waals surface area contributed by atoms with E-state index in [1.54, 1.807) is 0 Å². The number of benzene rings is 9. The molecule has 0 spiro atoms. The van der Waals surface area contributed by atoms with Gasteiger partial charge in [0.2, 0.25) is 0 Å². The van der Waals surface area contributed by atoms with Gasteiger partial charge in [0.15, 0.2) is 0 Å². The number of hydrogen-bond acceptors (Lipinski definition) is 0. The molecule has 1 aliphatic rings. The van der Waals surface area contributed by atoms with Crippen LogP contribution in [0.5, 0.6) is 0 Å². The molecule has 0 N–H and O–H groups in total. The largest absolute Gasteiger partial charge is 0.0622 e. The van der Waals surface area contributed by atoms with Gasteiger partial charge >= 0.3 is 0 Å². The van der Waals surface area contributed by atoms with Crippen LogP contribution in [0.4, 0.5) is 0 Å². The average molecular weight is 597 g/mol. The molecule has 10 rings (SSSR count). The van der Waals surface area contributed by atoms with Crippen molar-refractivity contribution in [2.24, 2.45) is 0 Å². The molecule has 0 amide bonds. The minimum Gasteiger partial charge on any atom is -0.0622 e. The maximum atomic E-state index is 2.46. The Balaban J connectivity index is 1.28. The van der Waals surface area contributed by atoms with Gasteiger partial charge in [0, 0.05) is 5.41 Å². The fraction of sp³-hybridized carbons (Fsp3) is 0.0638. The van der Waals surface area contributed by atoms with Crippen molar-refractivity contribution in [2.75, 3.05) is 0 Å². The van der Waals surface area contributed by atoms with Gasteiger partial charge in [0.1, 0.15) is 0 Å². The van der Waals surface area contributed by atoms with E-state index in [2.05, 4.69) is 172 Å². The quantitative estimate of drug-likeness (QED) is 0.178. The third kappa shape index (κ3) is 3.76. The lowest BCUT2D eigenvalue weighted by molar-refractivity contribution is 0.661. The summed E-state index contributed by atoms with van der Waals surface area (Å²) < 4.78 is 0. The van der Waals surface area contributed by atoms with Crippen molar-refractivity contribution in [3.63, 3.8) is 0 Å². The van der Waals surface area contributed by atoms with Crippen LogP contribution in [0.15, 0.2) is 158 Å². The number of fused-ring (bicyclic) bond motifs is 4. The summed E-state index contributed by atoms with van der Waals surface area (Å²) >= 11 is 0. The summed E-state index contributed by atoms with van der Waals surface area (Å²) in [5, 5.41) is 10.4. The van der Waals surface area contributed by atoms with Crippen LogP contribution in [0.1, 0.15) is 25.0 Å². The molecule has 9 aromatic carbocycles. The first-order valence-corrected chi connectivity index (χ1v) is 16.6. The lowest BCUT2D eigenvalue weighted by Gasteiger charge is -2.22. The highest BCUT2D eigenvalue weighted by atomic mass is 14.4. The molecule has 220 valence electrons. The maximum absolute atomic E-state index is 2.46. The van der Waals surface area contributed by atoms with Crippen molar-refractivity contribution in [1.29, 1.82) is 0 Å². The van der Waals surface area contributed by atoms with Crippen molar-refractivity contribution < 1.29 is 0 Å². The minimum absolute atomic E-state index is 0.0398. The molecular weight excluding hydrogens is 565 g/mol. The van der Waals surface area contributed by atoms with E-state index in [0.717, 1.165) is 0 Å². The molecule has 47 heavy (non-hydrogen) atoms. The highest BCUT2D eigenvalue weighted by Gasteiger charge is 2.35. The second-order valence-electron chi connectivity index (χ2n) is 13.7. The number of rotatable bonds is 3. The minimum atomic E-state index is -0.0398.